The van der Waals surface area contributed by atoms with Crippen LogP contribution in [0.2, 0.25) is 0 Å². The summed E-state index contributed by atoms with van der Waals surface area (Å²) >= 11 is 0. The second-order valence-corrected chi connectivity index (χ2v) is 4.34. The Kier molecular flexibility index (Phi) is 3.84. The summed E-state index contributed by atoms with van der Waals surface area (Å²) in [6, 6.07) is 5.90. The first-order valence-electron chi connectivity index (χ1n) is 5.95. The summed E-state index contributed by atoms with van der Waals surface area (Å²) in [5, 5.41) is 19.3. The predicted molar refractivity (Wildman–Crippen MR) is 66.3 cm³/mol. The molecule has 0 atom stereocenters. The zero-order valence-electron chi connectivity index (χ0n) is 10.2. The van der Waals surface area contributed by atoms with Gasteiger partial charge in [-0.2, -0.15) is 0 Å². The van der Waals surface area contributed by atoms with Gasteiger partial charge in [-0.25, -0.2) is 4.79 Å². The van der Waals surface area contributed by atoms with E-state index < -0.39 is 11.0 Å². The molecule has 2 rings (SSSR count). The van der Waals surface area contributed by atoms with Crippen LogP contribution in [0.5, 0.6) is 5.75 Å². The highest BCUT2D eigenvalue weighted by atomic mass is 16.6. The number of carboxylic acid groups (broad SMARTS) is 1. The average Bonchev–Trinajstić information content (AvgIpc) is 2.40. The molecule has 0 radical (unpaired) electrons. The molecule has 19 heavy (non-hydrogen) atoms. The van der Waals surface area contributed by atoms with Crippen LogP contribution < -0.4 is 4.74 Å². The van der Waals surface area contributed by atoms with Crippen molar-refractivity contribution in [2.75, 3.05) is 13.1 Å². The number of hydrogen-bond donors (Lipinski definition) is 1. The van der Waals surface area contributed by atoms with Gasteiger partial charge in [0.15, 0.2) is 0 Å². The van der Waals surface area contributed by atoms with E-state index in [1.165, 1.54) is 17.0 Å². The Labute approximate surface area is 109 Å². The molecule has 0 aliphatic carbocycles. The van der Waals surface area contributed by atoms with Crippen molar-refractivity contribution in [3.63, 3.8) is 0 Å². The number of non-ortho nitro benzene ring substituents is 1. The van der Waals surface area contributed by atoms with Gasteiger partial charge in [0.25, 0.3) is 5.69 Å². The topological polar surface area (TPSA) is 92.9 Å². The number of carbonyl (C=O) groups is 1. The lowest BCUT2D eigenvalue weighted by Crippen LogP contribution is -2.41. The minimum Gasteiger partial charge on any atom is -0.490 e. The normalized spacial score (nSPS) is 16.1. The van der Waals surface area contributed by atoms with Crippen molar-refractivity contribution in [1.29, 1.82) is 0 Å². The number of nitro benzene ring substituents is 1. The molecule has 0 aromatic heterocycles. The fourth-order valence-corrected chi connectivity index (χ4v) is 2.00. The molecule has 1 aliphatic heterocycles. The number of likely N-dealkylation sites (tertiary alicyclic amines) is 1. The third-order valence-corrected chi connectivity index (χ3v) is 3.06. The van der Waals surface area contributed by atoms with Crippen molar-refractivity contribution < 1.29 is 19.6 Å². The molecule has 0 saturated carbocycles. The van der Waals surface area contributed by atoms with Crippen molar-refractivity contribution in [3.05, 3.63) is 34.4 Å². The number of piperidine rings is 1. The molecule has 1 aliphatic rings. The van der Waals surface area contributed by atoms with Crippen LogP contribution >= 0.6 is 0 Å². The van der Waals surface area contributed by atoms with E-state index in [4.69, 9.17) is 9.84 Å². The van der Waals surface area contributed by atoms with Gasteiger partial charge in [0, 0.05) is 38.1 Å². The summed E-state index contributed by atoms with van der Waals surface area (Å²) in [6.07, 6.45) is 0.304. The van der Waals surface area contributed by atoms with E-state index in [2.05, 4.69) is 0 Å². The highest BCUT2D eigenvalue weighted by Crippen LogP contribution is 2.21. The Hall–Kier alpha value is -2.31. The van der Waals surface area contributed by atoms with E-state index >= 15 is 0 Å². The monoisotopic (exact) mass is 266 g/mol. The summed E-state index contributed by atoms with van der Waals surface area (Å²) in [7, 11) is 0. The number of hydrogen-bond acceptors (Lipinski definition) is 4. The standard InChI is InChI=1S/C12H14N2O5/c15-12(16)13-7-5-11(6-8-13)19-10-3-1-9(2-4-10)14(17)18/h1-4,11H,5-8H2,(H,15,16). The molecule has 1 aromatic carbocycles. The van der Waals surface area contributed by atoms with Crippen molar-refractivity contribution in [2.45, 2.75) is 18.9 Å². The number of amides is 1. The lowest BCUT2D eigenvalue weighted by atomic mass is 10.1. The second kappa shape index (κ2) is 5.55. The van der Waals surface area contributed by atoms with Crippen LogP contribution in [0.15, 0.2) is 24.3 Å². The zero-order valence-corrected chi connectivity index (χ0v) is 10.2. The van der Waals surface area contributed by atoms with Gasteiger partial charge in [-0.15, -0.1) is 0 Å². The van der Waals surface area contributed by atoms with Gasteiger partial charge < -0.3 is 14.7 Å². The Morgan fingerprint density at radius 1 is 1.32 bits per heavy atom. The minimum absolute atomic E-state index is 0.0213. The van der Waals surface area contributed by atoms with Gasteiger partial charge in [0.2, 0.25) is 0 Å². The van der Waals surface area contributed by atoms with Crippen LogP contribution in [0.25, 0.3) is 0 Å². The third kappa shape index (κ3) is 3.34. The number of nitrogens with zero attached hydrogens (tertiary/aromatic N) is 2. The number of nitro groups is 1. The molecular weight excluding hydrogens is 252 g/mol. The quantitative estimate of drug-likeness (QED) is 0.668. The highest BCUT2D eigenvalue weighted by Gasteiger charge is 2.23. The van der Waals surface area contributed by atoms with E-state index in [1.807, 2.05) is 0 Å². The van der Waals surface area contributed by atoms with E-state index in [9.17, 15) is 14.9 Å². The molecule has 102 valence electrons. The summed E-state index contributed by atoms with van der Waals surface area (Å²) < 4.78 is 5.68. The van der Waals surface area contributed by atoms with Crippen LogP contribution in [0, 0.1) is 10.1 Å². The van der Waals surface area contributed by atoms with Crippen LogP contribution in [-0.4, -0.2) is 40.2 Å². The Bertz CT molecular complexity index is 466. The Morgan fingerprint density at radius 3 is 2.37 bits per heavy atom. The first-order chi connectivity index (χ1) is 9.06. The first-order valence-corrected chi connectivity index (χ1v) is 5.95. The third-order valence-electron chi connectivity index (χ3n) is 3.06. The SMILES string of the molecule is O=C(O)N1CCC(Oc2ccc([N+](=O)[O-])cc2)CC1. The van der Waals surface area contributed by atoms with Crippen LogP contribution in [0.1, 0.15) is 12.8 Å². The molecule has 1 aromatic rings. The molecule has 1 heterocycles. The molecular formula is C12H14N2O5. The zero-order chi connectivity index (χ0) is 13.8. The van der Waals surface area contributed by atoms with Gasteiger partial charge in [-0.3, -0.25) is 10.1 Å². The van der Waals surface area contributed by atoms with E-state index in [1.54, 1.807) is 12.1 Å². The van der Waals surface area contributed by atoms with Gasteiger partial charge >= 0.3 is 6.09 Å². The molecule has 0 bridgehead atoms. The summed E-state index contributed by atoms with van der Waals surface area (Å²) in [5.74, 6) is 0.569. The summed E-state index contributed by atoms with van der Waals surface area (Å²) in [6.45, 7) is 0.903. The van der Waals surface area contributed by atoms with Crippen molar-refractivity contribution >= 4 is 11.8 Å². The van der Waals surface area contributed by atoms with E-state index in [0.29, 0.717) is 31.7 Å². The molecule has 0 unspecified atom stereocenters. The van der Waals surface area contributed by atoms with Crippen molar-refractivity contribution in [1.82, 2.24) is 4.90 Å². The second-order valence-electron chi connectivity index (χ2n) is 4.34. The fraction of sp³-hybridized carbons (Fsp3) is 0.417. The summed E-state index contributed by atoms with van der Waals surface area (Å²) in [5.41, 5.74) is 0.0213. The van der Waals surface area contributed by atoms with Gasteiger partial charge in [0.1, 0.15) is 11.9 Å². The average molecular weight is 266 g/mol. The smallest absolute Gasteiger partial charge is 0.407 e. The molecule has 7 nitrogen and oxygen atoms in total. The largest absolute Gasteiger partial charge is 0.490 e. The molecule has 0 spiro atoms. The predicted octanol–water partition coefficient (Wildman–Crippen LogP) is 2.12. The lowest BCUT2D eigenvalue weighted by molar-refractivity contribution is -0.384. The summed E-state index contributed by atoms with van der Waals surface area (Å²) in [4.78, 5) is 22.1. The molecule has 7 heteroatoms. The molecule has 1 amide bonds. The Balaban J connectivity index is 1.88. The van der Waals surface area contributed by atoms with Gasteiger partial charge in [-0.1, -0.05) is 0 Å². The van der Waals surface area contributed by atoms with Gasteiger partial charge in [-0.05, 0) is 12.1 Å². The van der Waals surface area contributed by atoms with E-state index in [0.717, 1.165) is 0 Å². The van der Waals surface area contributed by atoms with Gasteiger partial charge in [0.05, 0.1) is 4.92 Å². The number of rotatable bonds is 3. The molecule has 1 N–H and O–H groups in total. The minimum atomic E-state index is -0.909. The fourth-order valence-electron chi connectivity index (χ4n) is 2.00. The maximum Gasteiger partial charge on any atom is 0.407 e. The number of benzene rings is 1. The maximum atomic E-state index is 10.7. The maximum absolute atomic E-state index is 10.7. The lowest BCUT2D eigenvalue weighted by Gasteiger charge is -2.30. The molecule has 1 saturated heterocycles. The van der Waals surface area contributed by atoms with Crippen molar-refractivity contribution in [2.24, 2.45) is 0 Å². The van der Waals surface area contributed by atoms with E-state index in [-0.39, 0.29) is 11.8 Å². The van der Waals surface area contributed by atoms with Crippen LogP contribution in [0.3, 0.4) is 0 Å². The number of ether oxygens (including phenoxy) is 1. The molecule has 1 fully saturated rings. The van der Waals surface area contributed by atoms with Crippen LogP contribution in [-0.2, 0) is 0 Å². The highest BCUT2D eigenvalue weighted by molar-refractivity contribution is 5.65. The Morgan fingerprint density at radius 2 is 1.89 bits per heavy atom. The van der Waals surface area contributed by atoms with Crippen LogP contribution in [0.4, 0.5) is 10.5 Å². The first kappa shape index (κ1) is 13.1. The van der Waals surface area contributed by atoms with Crippen molar-refractivity contribution in [3.8, 4) is 5.75 Å².